The summed E-state index contributed by atoms with van der Waals surface area (Å²) in [6, 6.07) is 7.96. The molecule has 1 fully saturated rings. The van der Waals surface area contributed by atoms with E-state index >= 15 is 0 Å². The van der Waals surface area contributed by atoms with Gasteiger partial charge >= 0.3 is 5.97 Å². The zero-order chi connectivity index (χ0) is 21.4. The summed E-state index contributed by atoms with van der Waals surface area (Å²) in [5.41, 5.74) is 0.375. The summed E-state index contributed by atoms with van der Waals surface area (Å²) in [5.74, 6) is 2.44. The number of likely N-dealkylation sites (tertiary alicyclic amines) is 1. The molecule has 0 bridgehead atoms. The molecule has 3 rings (SSSR count). The van der Waals surface area contributed by atoms with Crippen molar-refractivity contribution < 1.29 is 19.0 Å². The first kappa shape index (κ1) is 23.3. The maximum Gasteiger partial charge on any atom is 0.313 e. The Morgan fingerprint density at radius 2 is 1.72 bits per heavy atom. The average molecular weight is 404 g/mol. The third-order valence-corrected chi connectivity index (χ3v) is 6.35. The second-order valence-electron chi connectivity index (χ2n) is 8.25. The van der Waals surface area contributed by atoms with Gasteiger partial charge in [-0.15, -0.1) is 0 Å². The standard InChI is InChI=1S/C16H27NO2.C8H10O2/c1-5-12(6-2)15(18)19-13-7-8-16(3)9-10-17(4)14(16)11-13;1-9-7-5-3-4-6-8(7)10-2/h11-12,14H,5-10H2,1-4H3;3-6H,1-2H3/t14-,16?;/m0./s1. The van der Waals surface area contributed by atoms with E-state index in [9.17, 15) is 4.79 Å². The van der Waals surface area contributed by atoms with Gasteiger partial charge in [0.05, 0.1) is 20.1 Å². The Labute approximate surface area is 176 Å². The van der Waals surface area contributed by atoms with E-state index in [1.54, 1.807) is 14.2 Å². The molecule has 5 heteroatoms. The molecule has 1 aliphatic carbocycles. The van der Waals surface area contributed by atoms with Crippen LogP contribution in [0.25, 0.3) is 0 Å². The highest BCUT2D eigenvalue weighted by Crippen LogP contribution is 2.45. The number of carbonyl (C=O) groups is 1. The Kier molecular flexibility index (Phi) is 8.57. The van der Waals surface area contributed by atoms with Crippen LogP contribution in [-0.4, -0.2) is 44.7 Å². The van der Waals surface area contributed by atoms with Crippen molar-refractivity contribution in [3.8, 4) is 11.5 Å². The number of nitrogens with zero attached hydrogens (tertiary/aromatic N) is 1. The number of allylic oxidation sites excluding steroid dienone is 1. The molecule has 1 heterocycles. The zero-order valence-corrected chi connectivity index (χ0v) is 18.9. The lowest BCUT2D eigenvalue weighted by molar-refractivity contribution is -0.145. The van der Waals surface area contributed by atoms with Gasteiger partial charge in [-0.2, -0.15) is 0 Å². The summed E-state index contributed by atoms with van der Waals surface area (Å²) < 4.78 is 15.7. The van der Waals surface area contributed by atoms with Crippen LogP contribution in [0, 0.1) is 11.3 Å². The van der Waals surface area contributed by atoms with Crippen LogP contribution in [0.4, 0.5) is 0 Å². The first-order valence-electron chi connectivity index (χ1n) is 10.7. The molecule has 2 atom stereocenters. The lowest BCUT2D eigenvalue weighted by Gasteiger charge is -2.36. The molecule has 29 heavy (non-hydrogen) atoms. The number of fused-ring (bicyclic) bond motifs is 1. The van der Waals surface area contributed by atoms with Crippen molar-refractivity contribution in [1.29, 1.82) is 0 Å². The maximum absolute atomic E-state index is 12.1. The number of carbonyl (C=O) groups excluding carboxylic acids is 1. The molecule has 1 aliphatic heterocycles. The molecule has 2 aliphatic rings. The number of ether oxygens (including phenoxy) is 3. The van der Waals surface area contributed by atoms with Crippen LogP contribution in [0.3, 0.4) is 0 Å². The van der Waals surface area contributed by atoms with Crippen LogP contribution >= 0.6 is 0 Å². The molecular formula is C24H37NO4. The Hall–Kier alpha value is -2.01. The number of rotatable bonds is 6. The topological polar surface area (TPSA) is 48.0 Å². The predicted molar refractivity (Wildman–Crippen MR) is 116 cm³/mol. The fourth-order valence-electron chi connectivity index (χ4n) is 4.23. The summed E-state index contributed by atoms with van der Waals surface area (Å²) in [6.45, 7) is 7.60. The van der Waals surface area contributed by atoms with E-state index in [0.717, 1.165) is 49.5 Å². The molecule has 1 unspecified atom stereocenters. The normalized spacial score (nSPS) is 23.6. The van der Waals surface area contributed by atoms with Crippen molar-refractivity contribution in [1.82, 2.24) is 4.90 Å². The van der Waals surface area contributed by atoms with Crippen molar-refractivity contribution in [3.05, 3.63) is 36.1 Å². The summed E-state index contributed by atoms with van der Waals surface area (Å²) in [6.07, 6.45) is 7.21. The van der Waals surface area contributed by atoms with Crippen LogP contribution in [0.15, 0.2) is 36.1 Å². The van der Waals surface area contributed by atoms with Gasteiger partial charge in [-0.1, -0.05) is 32.9 Å². The summed E-state index contributed by atoms with van der Waals surface area (Å²) >= 11 is 0. The van der Waals surface area contributed by atoms with Gasteiger partial charge in [0.25, 0.3) is 0 Å². The van der Waals surface area contributed by atoms with Gasteiger partial charge < -0.3 is 14.2 Å². The quantitative estimate of drug-likeness (QED) is 0.622. The van der Waals surface area contributed by atoms with E-state index in [2.05, 4.69) is 24.9 Å². The highest BCUT2D eigenvalue weighted by molar-refractivity contribution is 5.73. The van der Waals surface area contributed by atoms with Crippen molar-refractivity contribution in [2.24, 2.45) is 11.3 Å². The Morgan fingerprint density at radius 1 is 1.14 bits per heavy atom. The van der Waals surface area contributed by atoms with E-state index in [-0.39, 0.29) is 11.9 Å². The van der Waals surface area contributed by atoms with Gasteiger partial charge in [0, 0.05) is 12.5 Å². The van der Waals surface area contributed by atoms with Crippen molar-refractivity contribution in [2.45, 2.75) is 58.9 Å². The minimum absolute atomic E-state index is 0.0412. The smallest absolute Gasteiger partial charge is 0.313 e. The first-order chi connectivity index (χ1) is 13.9. The Balaban J connectivity index is 0.000000253. The fourth-order valence-corrected chi connectivity index (χ4v) is 4.23. The highest BCUT2D eigenvalue weighted by Gasteiger charge is 2.43. The highest BCUT2D eigenvalue weighted by atomic mass is 16.5. The maximum atomic E-state index is 12.1. The zero-order valence-electron chi connectivity index (χ0n) is 18.9. The van der Waals surface area contributed by atoms with Gasteiger partial charge in [0.2, 0.25) is 0 Å². The largest absolute Gasteiger partial charge is 0.493 e. The number of para-hydroxylation sites is 2. The second-order valence-corrected chi connectivity index (χ2v) is 8.25. The van der Waals surface area contributed by atoms with Gasteiger partial charge in [-0.05, 0) is 62.9 Å². The van der Waals surface area contributed by atoms with Gasteiger partial charge in [0.15, 0.2) is 11.5 Å². The van der Waals surface area contributed by atoms with Crippen LogP contribution in [0.1, 0.15) is 52.9 Å². The van der Waals surface area contributed by atoms with E-state index in [1.807, 2.05) is 38.1 Å². The van der Waals surface area contributed by atoms with E-state index in [4.69, 9.17) is 14.2 Å². The molecule has 0 spiro atoms. The minimum atomic E-state index is -0.0412. The number of benzene rings is 1. The number of methoxy groups -OCH3 is 2. The number of hydrogen-bond donors (Lipinski definition) is 0. The lowest BCUT2D eigenvalue weighted by atomic mass is 9.75. The molecule has 5 nitrogen and oxygen atoms in total. The molecule has 0 aromatic heterocycles. The molecule has 0 saturated carbocycles. The molecule has 162 valence electrons. The Morgan fingerprint density at radius 3 is 2.24 bits per heavy atom. The second kappa shape index (κ2) is 10.7. The van der Waals surface area contributed by atoms with Crippen LogP contribution in [0.2, 0.25) is 0 Å². The molecule has 1 aromatic rings. The summed E-state index contributed by atoms with van der Waals surface area (Å²) in [5, 5.41) is 0. The van der Waals surface area contributed by atoms with E-state index in [0.29, 0.717) is 11.5 Å². The van der Waals surface area contributed by atoms with Crippen molar-refractivity contribution in [2.75, 3.05) is 27.8 Å². The number of hydrogen-bond acceptors (Lipinski definition) is 5. The monoisotopic (exact) mass is 403 g/mol. The Bertz CT molecular complexity index is 675. The summed E-state index contributed by atoms with van der Waals surface area (Å²) in [4.78, 5) is 14.4. The van der Waals surface area contributed by atoms with Gasteiger partial charge in [-0.3, -0.25) is 9.69 Å². The average Bonchev–Trinajstić information content (AvgIpc) is 3.04. The fraction of sp³-hybridized carbons (Fsp3) is 0.625. The number of esters is 1. The molecular weight excluding hydrogens is 366 g/mol. The van der Waals surface area contributed by atoms with Gasteiger partial charge in [-0.25, -0.2) is 0 Å². The van der Waals surface area contributed by atoms with Crippen molar-refractivity contribution >= 4 is 5.97 Å². The van der Waals surface area contributed by atoms with Crippen LogP contribution in [0.5, 0.6) is 11.5 Å². The third kappa shape index (κ3) is 5.75. The van der Waals surface area contributed by atoms with E-state index in [1.165, 1.54) is 6.42 Å². The molecule has 1 saturated heterocycles. The first-order valence-corrected chi connectivity index (χ1v) is 10.7. The van der Waals surface area contributed by atoms with Gasteiger partial charge in [0.1, 0.15) is 5.76 Å². The summed E-state index contributed by atoms with van der Waals surface area (Å²) in [7, 11) is 5.41. The molecule has 0 radical (unpaired) electrons. The molecule has 0 N–H and O–H groups in total. The lowest BCUT2D eigenvalue weighted by Crippen LogP contribution is -2.37. The molecule has 0 amide bonds. The number of likely N-dealkylation sites (N-methyl/N-ethyl adjacent to an activating group) is 1. The third-order valence-electron chi connectivity index (χ3n) is 6.35. The SMILES string of the molecule is CCC(CC)C(=O)OC1=C[C@@H]2N(C)CCC2(C)CC1.COc1ccccc1OC. The van der Waals surface area contributed by atoms with Crippen LogP contribution in [-0.2, 0) is 9.53 Å². The molecule has 1 aromatic carbocycles. The van der Waals surface area contributed by atoms with Crippen LogP contribution < -0.4 is 9.47 Å². The van der Waals surface area contributed by atoms with E-state index < -0.39 is 0 Å². The predicted octanol–water partition coefficient (Wildman–Crippen LogP) is 5.06. The minimum Gasteiger partial charge on any atom is -0.493 e. The van der Waals surface area contributed by atoms with Crippen molar-refractivity contribution in [3.63, 3.8) is 0 Å².